The van der Waals surface area contributed by atoms with Crippen molar-refractivity contribution in [2.75, 3.05) is 17.7 Å². The zero-order valence-electron chi connectivity index (χ0n) is 9.68. The Hall–Kier alpha value is -0.840. The van der Waals surface area contributed by atoms with Gasteiger partial charge in [0.2, 0.25) is 5.95 Å². The summed E-state index contributed by atoms with van der Waals surface area (Å²) in [5.74, 6) is 1.54. The van der Waals surface area contributed by atoms with E-state index >= 15 is 0 Å². The highest BCUT2D eigenvalue weighted by atomic mass is 79.9. The van der Waals surface area contributed by atoms with Gasteiger partial charge in [-0.25, -0.2) is 4.98 Å². The number of nitrogens with zero attached hydrogens (tertiary/aromatic N) is 2. The minimum Gasteiger partial charge on any atom is -0.364 e. The van der Waals surface area contributed by atoms with E-state index in [0.717, 1.165) is 16.7 Å². The van der Waals surface area contributed by atoms with Gasteiger partial charge in [-0.3, -0.25) is 0 Å². The number of hydrogen-bond donors (Lipinski definition) is 2. The Balaban J connectivity index is 2.19. The molecule has 1 heterocycles. The van der Waals surface area contributed by atoms with Gasteiger partial charge < -0.3 is 10.6 Å². The second kappa shape index (κ2) is 4.57. The van der Waals surface area contributed by atoms with Crippen molar-refractivity contribution in [2.24, 2.45) is 0 Å². The van der Waals surface area contributed by atoms with Crippen LogP contribution in [0.2, 0.25) is 0 Å². The molecule has 1 aliphatic carbocycles. The van der Waals surface area contributed by atoms with Crippen LogP contribution in [0, 0.1) is 0 Å². The maximum atomic E-state index is 4.43. The first-order chi connectivity index (χ1) is 7.69. The summed E-state index contributed by atoms with van der Waals surface area (Å²) in [7, 11) is 1.83. The highest BCUT2D eigenvalue weighted by Gasteiger charge is 2.35. The molecule has 0 unspecified atom stereocenters. The quantitative estimate of drug-likeness (QED) is 0.892. The molecule has 4 nitrogen and oxygen atoms in total. The monoisotopic (exact) mass is 284 g/mol. The molecule has 0 spiro atoms. The Morgan fingerprint density at radius 3 is 2.75 bits per heavy atom. The van der Waals surface area contributed by atoms with Crippen molar-refractivity contribution in [2.45, 2.75) is 38.1 Å². The fourth-order valence-electron chi connectivity index (χ4n) is 2.00. The Morgan fingerprint density at radius 1 is 1.50 bits per heavy atom. The number of aromatic nitrogens is 2. The molecule has 16 heavy (non-hydrogen) atoms. The highest BCUT2D eigenvalue weighted by Crippen LogP contribution is 2.38. The average Bonchev–Trinajstić information content (AvgIpc) is 2.26. The molecule has 0 aliphatic heterocycles. The third-order valence-corrected chi connectivity index (χ3v) is 3.92. The molecule has 1 aliphatic rings. The van der Waals surface area contributed by atoms with Crippen molar-refractivity contribution in [3.8, 4) is 0 Å². The molecule has 1 aromatic heterocycles. The average molecular weight is 285 g/mol. The lowest BCUT2D eigenvalue weighted by molar-refractivity contribution is 0.268. The second-order valence-electron chi connectivity index (χ2n) is 4.25. The van der Waals surface area contributed by atoms with Crippen LogP contribution in [-0.4, -0.2) is 22.6 Å². The molecule has 88 valence electrons. The first-order valence-electron chi connectivity index (χ1n) is 5.67. The predicted octanol–water partition coefficient (Wildman–Crippen LogP) is 3.03. The molecular formula is C11H17BrN4. The minimum absolute atomic E-state index is 0.252. The molecule has 0 bridgehead atoms. The van der Waals surface area contributed by atoms with E-state index in [-0.39, 0.29) is 5.54 Å². The molecule has 0 radical (unpaired) electrons. The standard InChI is InChI=1S/C11H17BrN4/c1-3-11(5-4-6-11)16-9-8(12)7-14-10(13-2)15-9/h7H,3-6H2,1-2H3,(H2,13,14,15,16). The number of rotatable bonds is 4. The fraction of sp³-hybridized carbons (Fsp3) is 0.636. The minimum atomic E-state index is 0.252. The van der Waals surface area contributed by atoms with Gasteiger partial charge in [0, 0.05) is 18.8 Å². The van der Waals surface area contributed by atoms with E-state index < -0.39 is 0 Å². The second-order valence-corrected chi connectivity index (χ2v) is 5.11. The summed E-state index contributed by atoms with van der Waals surface area (Å²) in [4.78, 5) is 8.57. The number of anilines is 2. The molecular weight excluding hydrogens is 268 g/mol. The van der Waals surface area contributed by atoms with Crippen molar-refractivity contribution in [3.05, 3.63) is 10.7 Å². The summed E-state index contributed by atoms with van der Waals surface area (Å²) >= 11 is 3.48. The fourth-order valence-corrected chi connectivity index (χ4v) is 2.29. The molecule has 1 saturated carbocycles. The summed E-state index contributed by atoms with van der Waals surface area (Å²) in [5, 5.41) is 6.50. The van der Waals surface area contributed by atoms with E-state index in [4.69, 9.17) is 0 Å². The third-order valence-electron chi connectivity index (χ3n) is 3.34. The normalized spacial score (nSPS) is 17.7. The van der Waals surface area contributed by atoms with Gasteiger partial charge in [0.15, 0.2) is 0 Å². The zero-order valence-corrected chi connectivity index (χ0v) is 11.3. The van der Waals surface area contributed by atoms with Gasteiger partial charge in [-0.1, -0.05) is 6.92 Å². The number of hydrogen-bond acceptors (Lipinski definition) is 4. The lowest BCUT2D eigenvalue weighted by Gasteiger charge is -2.42. The Labute approximate surface area is 104 Å². The summed E-state index contributed by atoms with van der Waals surface area (Å²) < 4.78 is 0.922. The molecule has 0 atom stereocenters. The van der Waals surface area contributed by atoms with E-state index in [1.165, 1.54) is 19.3 Å². The summed E-state index contributed by atoms with van der Waals surface area (Å²) in [6, 6.07) is 0. The Kier molecular flexibility index (Phi) is 3.33. The van der Waals surface area contributed by atoms with Gasteiger partial charge in [0.05, 0.1) is 4.47 Å². The smallest absolute Gasteiger partial charge is 0.224 e. The first-order valence-corrected chi connectivity index (χ1v) is 6.47. The van der Waals surface area contributed by atoms with E-state index in [9.17, 15) is 0 Å². The lowest BCUT2D eigenvalue weighted by atomic mass is 9.75. The van der Waals surface area contributed by atoms with Crippen molar-refractivity contribution >= 4 is 27.7 Å². The molecule has 2 N–H and O–H groups in total. The van der Waals surface area contributed by atoms with Crippen LogP contribution in [0.25, 0.3) is 0 Å². The van der Waals surface area contributed by atoms with Crippen molar-refractivity contribution in [3.63, 3.8) is 0 Å². The van der Waals surface area contributed by atoms with Crippen LogP contribution >= 0.6 is 15.9 Å². The first kappa shape index (κ1) is 11.6. The molecule has 0 aromatic carbocycles. The van der Waals surface area contributed by atoms with E-state index in [1.54, 1.807) is 6.20 Å². The summed E-state index contributed by atoms with van der Waals surface area (Å²) in [5.41, 5.74) is 0.252. The van der Waals surface area contributed by atoms with Crippen LogP contribution < -0.4 is 10.6 Å². The van der Waals surface area contributed by atoms with Gasteiger partial charge in [-0.05, 0) is 41.6 Å². The third kappa shape index (κ3) is 2.14. The molecule has 0 saturated heterocycles. The molecule has 1 aromatic rings. The van der Waals surface area contributed by atoms with Crippen molar-refractivity contribution < 1.29 is 0 Å². The lowest BCUT2D eigenvalue weighted by Crippen LogP contribution is -2.44. The maximum Gasteiger partial charge on any atom is 0.224 e. The van der Waals surface area contributed by atoms with Gasteiger partial charge in [-0.15, -0.1) is 0 Å². The molecule has 2 rings (SSSR count). The summed E-state index contributed by atoms with van der Waals surface area (Å²) in [6.07, 6.45) is 6.69. The Bertz CT molecular complexity index is 371. The molecule has 0 amide bonds. The van der Waals surface area contributed by atoms with Gasteiger partial charge in [0.1, 0.15) is 5.82 Å². The number of halogens is 1. The van der Waals surface area contributed by atoms with Gasteiger partial charge >= 0.3 is 0 Å². The largest absolute Gasteiger partial charge is 0.364 e. The predicted molar refractivity (Wildman–Crippen MR) is 69.8 cm³/mol. The van der Waals surface area contributed by atoms with Crippen LogP contribution in [-0.2, 0) is 0 Å². The maximum absolute atomic E-state index is 4.43. The van der Waals surface area contributed by atoms with E-state index in [0.29, 0.717) is 5.95 Å². The topological polar surface area (TPSA) is 49.8 Å². The molecule has 1 fully saturated rings. The SMILES string of the molecule is CCC1(Nc2nc(NC)ncc2Br)CCC1. The van der Waals surface area contributed by atoms with Crippen LogP contribution in [0.1, 0.15) is 32.6 Å². The van der Waals surface area contributed by atoms with Crippen molar-refractivity contribution in [1.82, 2.24) is 9.97 Å². The zero-order chi connectivity index (χ0) is 11.6. The number of nitrogens with one attached hydrogen (secondary N) is 2. The van der Waals surface area contributed by atoms with Crippen LogP contribution in [0.3, 0.4) is 0 Å². The van der Waals surface area contributed by atoms with E-state index in [2.05, 4.69) is 43.5 Å². The highest BCUT2D eigenvalue weighted by molar-refractivity contribution is 9.10. The van der Waals surface area contributed by atoms with Crippen LogP contribution in [0.5, 0.6) is 0 Å². The van der Waals surface area contributed by atoms with Gasteiger partial charge in [0.25, 0.3) is 0 Å². The van der Waals surface area contributed by atoms with Crippen LogP contribution in [0.4, 0.5) is 11.8 Å². The van der Waals surface area contributed by atoms with Gasteiger partial charge in [-0.2, -0.15) is 4.98 Å². The van der Waals surface area contributed by atoms with Crippen LogP contribution in [0.15, 0.2) is 10.7 Å². The Morgan fingerprint density at radius 2 is 2.25 bits per heavy atom. The summed E-state index contributed by atoms with van der Waals surface area (Å²) in [6.45, 7) is 2.22. The molecule has 5 heteroatoms. The van der Waals surface area contributed by atoms with E-state index in [1.807, 2.05) is 7.05 Å². The van der Waals surface area contributed by atoms with Crippen molar-refractivity contribution in [1.29, 1.82) is 0 Å².